The Labute approximate surface area is 73.1 Å². The predicted octanol–water partition coefficient (Wildman–Crippen LogP) is 2.38. The first-order valence-corrected chi connectivity index (χ1v) is 3.66. The van der Waals surface area contributed by atoms with E-state index >= 15 is 0 Å². The van der Waals surface area contributed by atoms with Crippen LogP contribution in [0.4, 0.5) is 4.39 Å². The van der Waals surface area contributed by atoms with Gasteiger partial charge in [-0.2, -0.15) is 0 Å². The van der Waals surface area contributed by atoms with E-state index in [0.717, 1.165) is 11.6 Å². The highest BCUT2D eigenvalue weighted by Gasteiger charge is 2.02. The first kappa shape index (κ1) is 7.79. The van der Waals surface area contributed by atoms with Gasteiger partial charge in [0.15, 0.2) is 0 Å². The average molecular weight is 179 g/mol. The molecule has 0 aliphatic heterocycles. The molecule has 1 heterocycles. The number of hydrogen-bond donors (Lipinski definition) is 1. The summed E-state index contributed by atoms with van der Waals surface area (Å²) in [5.41, 5.74) is 0.440. The molecule has 1 aromatic heterocycles. The maximum Gasteiger partial charge on any atom is 0.149 e. The summed E-state index contributed by atoms with van der Waals surface area (Å²) in [6.07, 6.45) is 1.15. The summed E-state index contributed by atoms with van der Waals surface area (Å²) < 4.78 is 17.8. The van der Waals surface area contributed by atoms with Crippen LogP contribution in [0.15, 0.2) is 33.8 Å². The van der Waals surface area contributed by atoms with E-state index in [2.05, 4.69) is 5.16 Å². The highest BCUT2D eigenvalue weighted by Crippen LogP contribution is 2.18. The van der Waals surface area contributed by atoms with Crippen molar-refractivity contribution in [2.45, 2.75) is 0 Å². The van der Waals surface area contributed by atoms with Crippen LogP contribution in [0.5, 0.6) is 0 Å². The summed E-state index contributed by atoms with van der Waals surface area (Å²) in [7, 11) is 0. The summed E-state index contributed by atoms with van der Waals surface area (Å²) >= 11 is 0. The molecule has 0 saturated carbocycles. The van der Waals surface area contributed by atoms with E-state index < -0.39 is 0 Å². The van der Waals surface area contributed by atoms with Crippen LogP contribution in [0, 0.1) is 5.82 Å². The minimum absolute atomic E-state index is 0.352. The molecule has 2 rings (SSSR count). The Kier molecular flexibility index (Phi) is 1.73. The summed E-state index contributed by atoms with van der Waals surface area (Å²) in [5.74, 6) is 0.0393. The molecule has 0 amide bonds. The van der Waals surface area contributed by atoms with Crippen LogP contribution in [0.3, 0.4) is 0 Å². The van der Waals surface area contributed by atoms with Gasteiger partial charge < -0.3 is 9.62 Å². The second kappa shape index (κ2) is 2.90. The molecule has 2 aromatic rings. The van der Waals surface area contributed by atoms with Crippen molar-refractivity contribution in [3.63, 3.8) is 0 Å². The highest BCUT2D eigenvalue weighted by molar-refractivity contribution is 5.86. The standard InChI is InChI=1S/C9H6FNO2/c10-7-2-1-6-3-8(5-11-12)13-9(6)4-7/h1-5,12H/b11-5+. The Balaban J connectivity index is 2.62. The zero-order valence-electron chi connectivity index (χ0n) is 6.57. The quantitative estimate of drug-likeness (QED) is 0.415. The van der Waals surface area contributed by atoms with E-state index in [1.807, 2.05) is 0 Å². The van der Waals surface area contributed by atoms with Crippen molar-refractivity contribution in [3.05, 3.63) is 35.8 Å². The zero-order valence-corrected chi connectivity index (χ0v) is 6.57. The van der Waals surface area contributed by atoms with Gasteiger partial charge in [0.2, 0.25) is 0 Å². The van der Waals surface area contributed by atoms with Crippen molar-refractivity contribution in [1.29, 1.82) is 0 Å². The Bertz CT molecular complexity index is 462. The first-order chi connectivity index (χ1) is 6.29. The number of benzene rings is 1. The summed E-state index contributed by atoms with van der Waals surface area (Å²) in [5, 5.41) is 11.8. The highest BCUT2D eigenvalue weighted by atomic mass is 19.1. The topological polar surface area (TPSA) is 45.7 Å². The minimum Gasteiger partial charge on any atom is -0.455 e. The van der Waals surface area contributed by atoms with E-state index in [1.54, 1.807) is 12.1 Å². The number of hydrogen-bond acceptors (Lipinski definition) is 3. The van der Waals surface area contributed by atoms with Gasteiger partial charge in [0, 0.05) is 11.5 Å². The van der Waals surface area contributed by atoms with Gasteiger partial charge in [0.1, 0.15) is 23.4 Å². The second-order valence-corrected chi connectivity index (χ2v) is 2.58. The molecule has 66 valence electrons. The summed E-state index contributed by atoms with van der Waals surface area (Å²) in [6, 6.07) is 5.89. The fourth-order valence-electron chi connectivity index (χ4n) is 1.15. The summed E-state index contributed by atoms with van der Waals surface area (Å²) in [6.45, 7) is 0. The molecule has 0 unspecified atom stereocenters. The molecule has 0 aliphatic rings. The lowest BCUT2D eigenvalue weighted by Crippen LogP contribution is -1.70. The molecule has 1 N–H and O–H groups in total. The predicted molar refractivity (Wildman–Crippen MR) is 45.6 cm³/mol. The molecule has 13 heavy (non-hydrogen) atoms. The largest absolute Gasteiger partial charge is 0.455 e. The lowest BCUT2D eigenvalue weighted by molar-refractivity contribution is 0.321. The number of nitrogens with zero attached hydrogens (tertiary/aromatic N) is 1. The van der Waals surface area contributed by atoms with Crippen molar-refractivity contribution >= 4 is 17.2 Å². The molecule has 0 fully saturated rings. The Hall–Kier alpha value is -1.84. The molecule has 0 bridgehead atoms. The van der Waals surface area contributed by atoms with E-state index in [1.165, 1.54) is 12.1 Å². The van der Waals surface area contributed by atoms with Gasteiger partial charge in [0.25, 0.3) is 0 Å². The average Bonchev–Trinajstić information content (AvgIpc) is 2.46. The first-order valence-electron chi connectivity index (χ1n) is 3.66. The molecule has 4 heteroatoms. The maximum atomic E-state index is 12.7. The van der Waals surface area contributed by atoms with Crippen LogP contribution in [0.25, 0.3) is 11.0 Å². The van der Waals surface area contributed by atoms with Gasteiger partial charge in [-0.25, -0.2) is 4.39 Å². The van der Waals surface area contributed by atoms with Crippen LogP contribution >= 0.6 is 0 Å². The van der Waals surface area contributed by atoms with Gasteiger partial charge in [-0.05, 0) is 18.2 Å². The molecule has 0 spiro atoms. The fraction of sp³-hybridized carbons (Fsp3) is 0. The SMILES string of the molecule is O/N=C/c1cc2ccc(F)cc2o1. The maximum absolute atomic E-state index is 12.7. The molecule has 0 aliphatic carbocycles. The number of oxime groups is 1. The number of halogens is 1. The molecular weight excluding hydrogens is 173 g/mol. The fourth-order valence-corrected chi connectivity index (χ4v) is 1.15. The molecule has 0 saturated heterocycles. The third-order valence-electron chi connectivity index (χ3n) is 1.69. The number of fused-ring (bicyclic) bond motifs is 1. The van der Waals surface area contributed by atoms with E-state index in [-0.39, 0.29) is 5.82 Å². The van der Waals surface area contributed by atoms with Gasteiger partial charge in [-0.15, -0.1) is 0 Å². The van der Waals surface area contributed by atoms with Gasteiger partial charge in [0.05, 0.1) is 0 Å². The van der Waals surface area contributed by atoms with Crippen LogP contribution in [-0.4, -0.2) is 11.4 Å². The lowest BCUT2D eigenvalue weighted by Gasteiger charge is -1.86. The van der Waals surface area contributed by atoms with Gasteiger partial charge >= 0.3 is 0 Å². The van der Waals surface area contributed by atoms with Crippen molar-refractivity contribution in [3.8, 4) is 0 Å². The number of furan rings is 1. The smallest absolute Gasteiger partial charge is 0.149 e. The number of rotatable bonds is 1. The monoisotopic (exact) mass is 179 g/mol. The Morgan fingerprint density at radius 1 is 1.38 bits per heavy atom. The van der Waals surface area contributed by atoms with Crippen LogP contribution in [0.2, 0.25) is 0 Å². The lowest BCUT2D eigenvalue weighted by atomic mass is 10.2. The van der Waals surface area contributed by atoms with Crippen LogP contribution in [-0.2, 0) is 0 Å². The molecule has 1 aromatic carbocycles. The van der Waals surface area contributed by atoms with Crippen LogP contribution < -0.4 is 0 Å². The van der Waals surface area contributed by atoms with Crippen molar-refractivity contribution in [1.82, 2.24) is 0 Å². The summed E-state index contributed by atoms with van der Waals surface area (Å²) in [4.78, 5) is 0. The van der Waals surface area contributed by atoms with E-state index in [4.69, 9.17) is 9.62 Å². The third kappa shape index (κ3) is 1.38. The minimum atomic E-state index is -0.352. The van der Waals surface area contributed by atoms with Gasteiger partial charge in [-0.1, -0.05) is 5.16 Å². The Morgan fingerprint density at radius 2 is 2.23 bits per heavy atom. The molecule has 0 radical (unpaired) electrons. The molecule has 3 nitrogen and oxygen atoms in total. The second-order valence-electron chi connectivity index (χ2n) is 2.58. The van der Waals surface area contributed by atoms with Crippen molar-refractivity contribution in [2.75, 3.05) is 0 Å². The normalized spacial score (nSPS) is 11.5. The van der Waals surface area contributed by atoms with E-state index in [9.17, 15) is 4.39 Å². The van der Waals surface area contributed by atoms with Crippen LogP contribution in [0.1, 0.15) is 5.76 Å². The Morgan fingerprint density at radius 3 is 3.00 bits per heavy atom. The van der Waals surface area contributed by atoms with E-state index in [0.29, 0.717) is 11.3 Å². The molecular formula is C9H6FNO2. The zero-order chi connectivity index (χ0) is 9.26. The molecule has 0 atom stereocenters. The van der Waals surface area contributed by atoms with Crippen molar-refractivity contribution < 1.29 is 14.0 Å². The third-order valence-corrected chi connectivity index (χ3v) is 1.69. The van der Waals surface area contributed by atoms with Crippen molar-refractivity contribution in [2.24, 2.45) is 5.16 Å². The van der Waals surface area contributed by atoms with Gasteiger partial charge in [-0.3, -0.25) is 0 Å².